The topological polar surface area (TPSA) is 63.0 Å². The van der Waals surface area contributed by atoms with Crippen molar-refractivity contribution in [3.63, 3.8) is 0 Å². The van der Waals surface area contributed by atoms with E-state index in [0.717, 1.165) is 6.21 Å². The highest BCUT2D eigenvalue weighted by Gasteiger charge is 2.05. The Bertz CT molecular complexity index is 538. The fourth-order valence-corrected chi connectivity index (χ4v) is 1.29. The molecule has 0 unspecified atom stereocenters. The predicted molar refractivity (Wildman–Crippen MR) is 63.9 cm³/mol. The molecule has 0 fully saturated rings. The van der Waals surface area contributed by atoms with E-state index < -0.39 is 5.78 Å². The van der Waals surface area contributed by atoms with Crippen LogP contribution in [0.3, 0.4) is 0 Å². The van der Waals surface area contributed by atoms with Crippen LogP contribution in [-0.4, -0.2) is 17.0 Å². The summed E-state index contributed by atoms with van der Waals surface area (Å²) in [7, 11) is 0. The molecular formula is C13H10N2O2. The highest BCUT2D eigenvalue weighted by Crippen LogP contribution is 2.18. The molecule has 4 nitrogen and oxygen atoms in total. The van der Waals surface area contributed by atoms with Crippen LogP contribution in [-0.2, 0) is 0 Å². The third-order valence-corrected chi connectivity index (χ3v) is 2.07. The average Bonchev–Trinajstić information content (AvgIpc) is 2.39. The van der Waals surface area contributed by atoms with Gasteiger partial charge < -0.3 is 10.1 Å². The number of aromatic nitrogens is 1. The summed E-state index contributed by atoms with van der Waals surface area (Å²) in [6.07, 6.45) is 0.731. The maximum Gasteiger partial charge on any atom is 0.221 e. The van der Waals surface area contributed by atoms with E-state index in [9.17, 15) is 4.79 Å². The number of para-hydroxylation sites is 1. The Labute approximate surface area is 98.4 Å². The Balaban J connectivity index is 2.22. The van der Waals surface area contributed by atoms with Crippen LogP contribution < -0.4 is 4.74 Å². The third-order valence-electron chi connectivity index (χ3n) is 2.07. The Kier molecular flexibility index (Phi) is 3.25. The Morgan fingerprint density at radius 3 is 2.59 bits per heavy atom. The van der Waals surface area contributed by atoms with Gasteiger partial charge in [-0.3, -0.25) is 4.79 Å². The van der Waals surface area contributed by atoms with E-state index in [2.05, 4.69) is 4.98 Å². The van der Waals surface area contributed by atoms with Gasteiger partial charge in [0.15, 0.2) is 0 Å². The fraction of sp³-hybridized carbons (Fsp3) is 0. The number of rotatable bonds is 4. The molecule has 1 N–H and O–H groups in total. The van der Waals surface area contributed by atoms with Crippen LogP contribution in [0.2, 0.25) is 0 Å². The molecule has 84 valence electrons. The first kappa shape index (κ1) is 11.0. The van der Waals surface area contributed by atoms with Crippen molar-refractivity contribution in [3.05, 3.63) is 54.2 Å². The number of pyridine rings is 1. The van der Waals surface area contributed by atoms with Crippen LogP contribution in [0.4, 0.5) is 0 Å². The number of ketones is 1. The van der Waals surface area contributed by atoms with Gasteiger partial charge >= 0.3 is 0 Å². The van der Waals surface area contributed by atoms with E-state index in [-0.39, 0.29) is 5.69 Å². The number of carbonyl (C=O) groups excluding carboxylic acids is 1. The van der Waals surface area contributed by atoms with Gasteiger partial charge in [-0.05, 0) is 18.2 Å². The Morgan fingerprint density at radius 2 is 1.88 bits per heavy atom. The van der Waals surface area contributed by atoms with Gasteiger partial charge in [0, 0.05) is 6.07 Å². The lowest BCUT2D eigenvalue weighted by atomic mass is 10.2. The molecule has 0 atom stereocenters. The van der Waals surface area contributed by atoms with Gasteiger partial charge in [-0.15, -0.1) is 0 Å². The Hall–Kier alpha value is -2.49. The fourth-order valence-electron chi connectivity index (χ4n) is 1.29. The van der Waals surface area contributed by atoms with Gasteiger partial charge in [0.05, 0.1) is 6.21 Å². The zero-order valence-corrected chi connectivity index (χ0v) is 8.96. The van der Waals surface area contributed by atoms with Gasteiger partial charge in [0.2, 0.25) is 11.7 Å². The minimum absolute atomic E-state index is 0.202. The van der Waals surface area contributed by atoms with Crippen LogP contribution >= 0.6 is 0 Å². The van der Waals surface area contributed by atoms with E-state index in [4.69, 9.17) is 10.1 Å². The normalized spacial score (nSPS) is 9.65. The van der Waals surface area contributed by atoms with E-state index in [1.807, 2.05) is 18.2 Å². The van der Waals surface area contributed by atoms with Crippen LogP contribution in [0.1, 0.15) is 10.5 Å². The maximum absolute atomic E-state index is 11.3. The molecule has 0 aliphatic rings. The molecule has 1 heterocycles. The number of hydrogen-bond donors (Lipinski definition) is 1. The lowest BCUT2D eigenvalue weighted by Gasteiger charge is -2.04. The quantitative estimate of drug-likeness (QED) is 0.644. The number of ether oxygens (including phenoxy) is 1. The standard InChI is InChI=1S/C13H10N2O2/c14-9-12(16)11-7-4-8-13(15-11)17-10-5-2-1-3-6-10/h1-9,14H. The summed E-state index contributed by atoms with van der Waals surface area (Å²) in [5.74, 6) is 0.548. The average molecular weight is 226 g/mol. The van der Waals surface area contributed by atoms with E-state index in [0.29, 0.717) is 11.6 Å². The van der Waals surface area contributed by atoms with E-state index in [1.165, 1.54) is 0 Å². The second-order valence-electron chi connectivity index (χ2n) is 3.28. The van der Waals surface area contributed by atoms with Crippen molar-refractivity contribution in [1.82, 2.24) is 4.98 Å². The zero-order valence-electron chi connectivity index (χ0n) is 8.96. The lowest BCUT2D eigenvalue weighted by molar-refractivity contribution is 0.106. The molecule has 0 aliphatic heterocycles. The largest absolute Gasteiger partial charge is 0.439 e. The minimum atomic E-state index is -0.441. The molecule has 2 aromatic rings. The molecule has 0 amide bonds. The number of nitrogens with one attached hydrogen (secondary N) is 1. The van der Waals surface area contributed by atoms with Gasteiger partial charge in [-0.25, -0.2) is 4.98 Å². The van der Waals surface area contributed by atoms with Crippen molar-refractivity contribution in [3.8, 4) is 11.6 Å². The molecule has 1 aromatic carbocycles. The molecular weight excluding hydrogens is 216 g/mol. The molecule has 0 aliphatic carbocycles. The van der Waals surface area contributed by atoms with Crippen molar-refractivity contribution in [2.75, 3.05) is 0 Å². The SMILES string of the molecule is N=CC(=O)c1cccc(Oc2ccccc2)n1. The van der Waals surface area contributed by atoms with Crippen LogP contribution in [0.25, 0.3) is 0 Å². The first-order valence-corrected chi connectivity index (χ1v) is 5.04. The number of nitrogens with zero attached hydrogens (tertiary/aromatic N) is 1. The zero-order chi connectivity index (χ0) is 12.1. The predicted octanol–water partition coefficient (Wildman–Crippen LogP) is 2.71. The first-order valence-electron chi connectivity index (χ1n) is 5.04. The number of hydrogen-bond acceptors (Lipinski definition) is 4. The maximum atomic E-state index is 11.3. The first-order chi connectivity index (χ1) is 8.29. The van der Waals surface area contributed by atoms with Gasteiger partial charge in [-0.1, -0.05) is 24.3 Å². The highest BCUT2D eigenvalue weighted by atomic mass is 16.5. The molecule has 0 saturated carbocycles. The molecule has 0 spiro atoms. The van der Waals surface area contributed by atoms with Crippen molar-refractivity contribution >= 4 is 12.0 Å². The number of benzene rings is 1. The van der Waals surface area contributed by atoms with Crippen molar-refractivity contribution in [2.45, 2.75) is 0 Å². The smallest absolute Gasteiger partial charge is 0.221 e. The van der Waals surface area contributed by atoms with Crippen molar-refractivity contribution in [1.29, 1.82) is 5.41 Å². The van der Waals surface area contributed by atoms with Crippen LogP contribution in [0, 0.1) is 5.41 Å². The highest BCUT2D eigenvalue weighted by molar-refractivity contribution is 6.33. The summed E-state index contributed by atoms with van der Waals surface area (Å²) in [4.78, 5) is 15.3. The monoisotopic (exact) mass is 226 g/mol. The summed E-state index contributed by atoms with van der Waals surface area (Å²) in [5.41, 5.74) is 0.202. The molecule has 4 heteroatoms. The lowest BCUT2D eigenvalue weighted by Crippen LogP contribution is -2.03. The molecule has 0 radical (unpaired) electrons. The summed E-state index contributed by atoms with van der Waals surface area (Å²) in [6.45, 7) is 0. The van der Waals surface area contributed by atoms with Gasteiger partial charge in [0.1, 0.15) is 11.4 Å². The molecule has 17 heavy (non-hydrogen) atoms. The minimum Gasteiger partial charge on any atom is -0.439 e. The van der Waals surface area contributed by atoms with Crippen molar-refractivity contribution < 1.29 is 9.53 Å². The number of Topliss-reactive ketones (excluding diaryl/α,β-unsaturated/α-hetero) is 1. The second-order valence-corrected chi connectivity index (χ2v) is 3.28. The molecule has 2 rings (SSSR count). The van der Waals surface area contributed by atoms with E-state index in [1.54, 1.807) is 30.3 Å². The van der Waals surface area contributed by atoms with Crippen LogP contribution in [0.15, 0.2) is 48.5 Å². The summed E-state index contributed by atoms with van der Waals surface area (Å²) in [6, 6.07) is 14.1. The van der Waals surface area contributed by atoms with Gasteiger partial charge in [0.25, 0.3) is 0 Å². The molecule has 1 aromatic heterocycles. The van der Waals surface area contributed by atoms with Crippen molar-refractivity contribution in [2.24, 2.45) is 0 Å². The summed E-state index contributed by atoms with van der Waals surface area (Å²) < 4.78 is 5.48. The summed E-state index contributed by atoms with van der Waals surface area (Å²) >= 11 is 0. The van der Waals surface area contributed by atoms with Crippen LogP contribution in [0.5, 0.6) is 11.6 Å². The second kappa shape index (κ2) is 5.03. The van der Waals surface area contributed by atoms with Gasteiger partial charge in [-0.2, -0.15) is 0 Å². The third kappa shape index (κ3) is 2.75. The molecule has 0 saturated heterocycles. The summed E-state index contributed by atoms with van der Waals surface area (Å²) in [5, 5.41) is 6.88. The van der Waals surface area contributed by atoms with E-state index >= 15 is 0 Å². The number of carbonyl (C=O) groups is 1. The Morgan fingerprint density at radius 1 is 1.12 bits per heavy atom. The molecule has 0 bridgehead atoms.